The van der Waals surface area contributed by atoms with Crippen molar-refractivity contribution < 1.29 is 13.2 Å². The monoisotopic (exact) mass is 336 g/mol. The fraction of sp³-hybridized carbons (Fsp3) is 0.333. The molecule has 1 aromatic carbocycles. The van der Waals surface area contributed by atoms with Crippen LogP contribution in [0.15, 0.2) is 35.4 Å². The number of nitrogens with zero attached hydrogens (tertiary/aromatic N) is 2. The summed E-state index contributed by atoms with van der Waals surface area (Å²) in [5, 5.41) is 6.61. The van der Waals surface area contributed by atoms with Gasteiger partial charge in [0.05, 0.1) is 23.1 Å². The Kier molecular flexibility index (Phi) is 4.21. The standard InChI is InChI=1S/C15H20N4O3S/c1-15(2,3)13-12(9-17-18-13)23(21,22)19(4)11-8-6-5-7-10(11)14(16)20/h5-9H,1-4H3,(H2,16,20)(H,17,18). The average molecular weight is 336 g/mol. The van der Waals surface area contributed by atoms with Crippen molar-refractivity contribution in [2.75, 3.05) is 11.4 Å². The zero-order valence-corrected chi connectivity index (χ0v) is 14.3. The van der Waals surface area contributed by atoms with Crippen LogP contribution in [0.2, 0.25) is 0 Å². The zero-order valence-electron chi connectivity index (χ0n) is 13.5. The summed E-state index contributed by atoms with van der Waals surface area (Å²) in [6, 6.07) is 6.30. The minimum absolute atomic E-state index is 0.0757. The van der Waals surface area contributed by atoms with Gasteiger partial charge in [0.1, 0.15) is 4.90 Å². The predicted octanol–water partition coefficient (Wildman–Crippen LogP) is 1.63. The van der Waals surface area contributed by atoms with Crippen molar-refractivity contribution >= 4 is 21.6 Å². The van der Waals surface area contributed by atoms with E-state index in [-0.39, 0.29) is 16.1 Å². The molecule has 2 aromatic rings. The molecule has 1 aromatic heterocycles. The maximum Gasteiger partial charge on any atom is 0.267 e. The third kappa shape index (κ3) is 3.07. The smallest absolute Gasteiger partial charge is 0.267 e. The highest BCUT2D eigenvalue weighted by Crippen LogP contribution is 2.31. The summed E-state index contributed by atoms with van der Waals surface area (Å²) in [4.78, 5) is 11.6. The molecule has 2 rings (SSSR count). The van der Waals surface area contributed by atoms with Gasteiger partial charge in [-0.1, -0.05) is 32.9 Å². The second-order valence-electron chi connectivity index (χ2n) is 6.21. The number of anilines is 1. The molecule has 8 heteroatoms. The Morgan fingerprint density at radius 1 is 1.26 bits per heavy atom. The number of sulfonamides is 1. The summed E-state index contributed by atoms with van der Waals surface area (Å²) < 4.78 is 26.9. The molecular weight excluding hydrogens is 316 g/mol. The van der Waals surface area contributed by atoms with Gasteiger partial charge in [-0.05, 0) is 12.1 Å². The van der Waals surface area contributed by atoms with E-state index in [4.69, 9.17) is 5.73 Å². The lowest BCUT2D eigenvalue weighted by Gasteiger charge is -2.24. The number of nitrogens with two attached hydrogens (primary N) is 1. The average Bonchev–Trinajstić information content (AvgIpc) is 2.96. The molecule has 0 bridgehead atoms. The van der Waals surface area contributed by atoms with Crippen molar-refractivity contribution in [1.29, 1.82) is 0 Å². The maximum absolute atomic E-state index is 12.9. The largest absolute Gasteiger partial charge is 0.366 e. The van der Waals surface area contributed by atoms with Gasteiger partial charge in [0, 0.05) is 12.5 Å². The highest BCUT2D eigenvalue weighted by atomic mass is 32.2. The fourth-order valence-electron chi connectivity index (χ4n) is 2.24. The lowest BCUT2D eigenvalue weighted by atomic mass is 9.92. The van der Waals surface area contributed by atoms with Crippen LogP contribution >= 0.6 is 0 Å². The van der Waals surface area contributed by atoms with Crippen molar-refractivity contribution in [2.24, 2.45) is 5.73 Å². The molecule has 0 unspecified atom stereocenters. The molecule has 1 amide bonds. The molecule has 0 radical (unpaired) electrons. The summed E-state index contributed by atoms with van der Waals surface area (Å²) >= 11 is 0. The number of nitrogens with one attached hydrogen (secondary N) is 1. The normalized spacial score (nSPS) is 12.2. The second-order valence-corrected chi connectivity index (χ2v) is 8.15. The van der Waals surface area contributed by atoms with Crippen LogP contribution < -0.4 is 10.0 Å². The highest BCUT2D eigenvalue weighted by Gasteiger charge is 2.32. The number of rotatable bonds is 4. The predicted molar refractivity (Wildman–Crippen MR) is 87.8 cm³/mol. The Morgan fingerprint density at radius 3 is 2.43 bits per heavy atom. The van der Waals surface area contributed by atoms with E-state index in [1.807, 2.05) is 20.8 Å². The Morgan fingerprint density at radius 2 is 1.87 bits per heavy atom. The van der Waals surface area contributed by atoms with Crippen LogP contribution in [0, 0.1) is 0 Å². The van der Waals surface area contributed by atoms with Crippen LogP contribution in [0.1, 0.15) is 36.8 Å². The number of hydrogen-bond acceptors (Lipinski definition) is 4. The first kappa shape index (κ1) is 17.0. The van der Waals surface area contributed by atoms with Crippen molar-refractivity contribution in [1.82, 2.24) is 10.2 Å². The number of carbonyl (C=O) groups is 1. The molecule has 23 heavy (non-hydrogen) atoms. The van der Waals surface area contributed by atoms with Crippen LogP contribution in [0.3, 0.4) is 0 Å². The van der Waals surface area contributed by atoms with Crippen LogP contribution in [0.4, 0.5) is 5.69 Å². The number of aromatic amines is 1. The van der Waals surface area contributed by atoms with Gasteiger partial charge in [0.25, 0.3) is 15.9 Å². The topological polar surface area (TPSA) is 109 Å². The summed E-state index contributed by atoms with van der Waals surface area (Å²) in [5.41, 5.74) is 5.77. The summed E-state index contributed by atoms with van der Waals surface area (Å²) in [6.07, 6.45) is 1.28. The lowest BCUT2D eigenvalue weighted by Crippen LogP contribution is -2.30. The molecule has 1 heterocycles. The molecule has 0 saturated heterocycles. The number of amides is 1. The van der Waals surface area contributed by atoms with E-state index < -0.39 is 21.3 Å². The number of hydrogen-bond donors (Lipinski definition) is 2. The number of primary amides is 1. The molecule has 0 fully saturated rings. The number of carbonyl (C=O) groups excluding carboxylic acids is 1. The number of H-pyrrole nitrogens is 1. The molecule has 124 valence electrons. The van der Waals surface area contributed by atoms with Crippen LogP contribution in [-0.2, 0) is 15.4 Å². The number of aromatic nitrogens is 2. The fourth-order valence-corrected chi connectivity index (χ4v) is 3.75. The van der Waals surface area contributed by atoms with E-state index in [0.717, 1.165) is 4.31 Å². The second kappa shape index (κ2) is 5.69. The Hall–Kier alpha value is -2.35. The SMILES string of the molecule is CN(c1ccccc1C(N)=O)S(=O)(=O)c1cn[nH]c1C(C)(C)C. The van der Waals surface area contributed by atoms with Gasteiger partial charge < -0.3 is 5.73 Å². The third-order valence-corrected chi connectivity index (χ3v) is 5.28. The van der Waals surface area contributed by atoms with E-state index >= 15 is 0 Å². The van der Waals surface area contributed by atoms with Gasteiger partial charge >= 0.3 is 0 Å². The number of para-hydroxylation sites is 1. The van der Waals surface area contributed by atoms with Crippen LogP contribution in [0.5, 0.6) is 0 Å². The van der Waals surface area contributed by atoms with Gasteiger partial charge in [0.2, 0.25) is 0 Å². The lowest BCUT2D eigenvalue weighted by molar-refractivity contribution is 0.100. The Bertz CT molecular complexity index is 834. The first-order chi connectivity index (χ1) is 10.6. The number of benzene rings is 1. The van der Waals surface area contributed by atoms with Crippen LogP contribution in [-0.4, -0.2) is 31.6 Å². The first-order valence-corrected chi connectivity index (χ1v) is 8.42. The van der Waals surface area contributed by atoms with Gasteiger partial charge in [-0.3, -0.25) is 14.2 Å². The molecule has 0 aliphatic heterocycles. The molecule has 0 saturated carbocycles. The van der Waals surface area contributed by atoms with E-state index in [9.17, 15) is 13.2 Å². The summed E-state index contributed by atoms with van der Waals surface area (Å²) in [6.45, 7) is 5.66. The molecule has 0 atom stereocenters. The first-order valence-electron chi connectivity index (χ1n) is 6.98. The molecule has 3 N–H and O–H groups in total. The quantitative estimate of drug-likeness (QED) is 0.884. The zero-order chi connectivity index (χ0) is 17.4. The van der Waals surface area contributed by atoms with E-state index in [0.29, 0.717) is 5.69 Å². The van der Waals surface area contributed by atoms with Gasteiger partial charge in [-0.25, -0.2) is 8.42 Å². The maximum atomic E-state index is 12.9. The molecular formula is C15H20N4O3S. The van der Waals surface area contributed by atoms with Gasteiger partial charge in [0.15, 0.2) is 0 Å². The highest BCUT2D eigenvalue weighted by molar-refractivity contribution is 7.92. The van der Waals surface area contributed by atoms with Crippen molar-refractivity contribution in [3.63, 3.8) is 0 Å². The third-order valence-electron chi connectivity index (χ3n) is 3.50. The van der Waals surface area contributed by atoms with Crippen molar-refractivity contribution in [3.8, 4) is 0 Å². The molecule has 0 aliphatic rings. The minimum Gasteiger partial charge on any atom is -0.366 e. The van der Waals surface area contributed by atoms with Crippen molar-refractivity contribution in [2.45, 2.75) is 31.1 Å². The molecule has 0 aliphatic carbocycles. The van der Waals surface area contributed by atoms with Crippen LogP contribution in [0.25, 0.3) is 0 Å². The minimum atomic E-state index is -3.89. The van der Waals surface area contributed by atoms with E-state index in [1.54, 1.807) is 12.1 Å². The molecule has 7 nitrogen and oxygen atoms in total. The Balaban J connectivity index is 2.58. The Labute approximate surface area is 135 Å². The van der Waals surface area contributed by atoms with Crippen molar-refractivity contribution in [3.05, 3.63) is 41.7 Å². The summed E-state index contributed by atoms with van der Waals surface area (Å²) in [7, 11) is -2.50. The molecule has 0 spiro atoms. The summed E-state index contributed by atoms with van der Waals surface area (Å²) in [5.74, 6) is -0.689. The van der Waals surface area contributed by atoms with Gasteiger partial charge in [-0.2, -0.15) is 5.10 Å². The van der Waals surface area contributed by atoms with Gasteiger partial charge in [-0.15, -0.1) is 0 Å². The van der Waals surface area contributed by atoms with E-state index in [2.05, 4.69) is 10.2 Å². The van der Waals surface area contributed by atoms with E-state index in [1.165, 1.54) is 25.4 Å².